The number of aromatic nitrogens is 3. The Morgan fingerprint density at radius 3 is 2.83 bits per heavy atom. The molecule has 0 fully saturated rings. The van der Waals surface area contributed by atoms with Gasteiger partial charge in [0.1, 0.15) is 11.5 Å². The number of hydrogen-bond acceptors (Lipinski definition) is 2. The van der Waals surface area contributed by atoms with Crippen molar-refractivity contribution in [3.8, 4) is 22.4 Å². The Labute approximate surface area is 143 Å². The van der Waals surface area contributed by atoms with Crippen LogP contribution in [0.15, 0.2) is 36.7 Å². The number of halogens is 2. The molecule has 7 heteroatoms. The maximum absolute atomic E-state index is 13.4. The highest BCUT2D eigenvalue weighted by Gasteiger charge is 2.16. The van der Waals surface area contributed by atoms with E-state index >= 15 is 0 Å². The molecule has 0 saturated carbocycles. The molecule has 124 valence electrons. The third kappa shape index (κ3) is 2.92. The number of nitrogens with one attached hydrogen (secondary N) is 2. The van der Waals surface area contributed by atoms with E-state index in [-0.39, 0.29) is 10.9 Å². The van der Waals surface area contributed by atoms with Crippen molar-refractivity contribution in [3.05, 3.63) is 53.2 Å². The molecule has 1 aromatic carbocycles. The minimum Gasteiger partial charge on any atom is -0.357 e. The zero-order chi connectivity index (χ0) is 17.3. The number of amides is 1. The van der Waals surface area contributed by atoms with Gasteiger partial charge in [-0.3, -0.25) is 9.89 Å². The molecule has 2 aromatic heterocycles. The SMILES string of the molecule is CCN(C)C(=O)c1cc(-c2[nH]ncc2-c2ccc(F)c(Cl)c2)c[nH]1. The molecule has 0 aliphatic heterocycles. The summed E-state index contributed by atoms with van der Waals surface area (Å²) in [5, 5.41) is 7.03. The fourth-order valence-electron chi connectivity index (χ4n) is 2.40. The van der Waals surface area contributed by atoms with Gasteiger partial charge in [-0.05, 0) is 30.7 Å². The third-order valence-corrected chi connectivity index (χ3v) is 4.18. The Balaban J connectivity index is 1.98. The monoisotopic (exact) mass is 346 g/mol. The van der Waals surface area contributed by atoms with Gasteiger partial charge in [0.05, 0.1) is 16.9 Å². The minimum absolute atomic E-state index is 0.0501. The smallest absolute Gasteiger partial charge is 0.270 e. The average Bonchev–Trinajstić information content (AvgIpc) is 3.24. The molecular formula is C17H16ClFN4O. The van der Waals surface area contributed by atoms with Gasteiger partial charge in [-0.15, -0.1) is 0 Å². The van der Waals surface area contributed by atoms with E-state index < -0.39 is 5.82 Å². The van der Waals surface area contributed by atoms with Gasteiger partial charge in [-0.1, -0.05) is 17.7 Å². The van der Waals surface area contributed by atoms with Gasteiger partial charge in [0, 0.05) is 30.9 Å². The predicted octanol–water partition coefficient (Wildman–Crippen LogP) is 3.96. The number of rotatable bonds is 4. The Bertz CT molecular complexity index is 886. The highest BCUT2D eigenvalue weighted by atomic mass is 35.5. The van der Waals surface area contributed by atoms with E-state index in [4.69, 9.17) is 11.6 Å². The van der Waals surface area contributed by atoms with Gasteiger partial charge >= 0.3 is 0 Å². The summed E-state index contributed by atoms with van der Waals surface area (Å²) in [7, 11) is 1.74. The summed E-state index contributed by atoms with van der Waals surface area (Å²) < 4.78 is 13.4. The van der Waals surface area contributed by atoms with Crippen molar-refractivity contribution < 1.29 is 9.18 Å². The van der Waals surface area contributed by atoms with E-state index in [1.807, 2.05) is 6.92 Å². The summed E-state index contributed by atoms with van der Waals surface area (Å²) in [5.74, 6) is -0.558. The van der Waals surface area contributed by atoms with E-state index in [2.05, 4.69) is 15.2 Å². The molecule has 1 amide bonds. The van der Waals surface area contributed by atoms with E-state index in [9.17, 15) is 9.18 Å². The number of nitrogens with zero attached hydrogens (tertiary/aromatic N) is 2. The Morgan fingerprint density at radius 1 is 1.33 bits per heavy atom. The summed E-state index contributed by atoms with van der Waals surface area (Å²) in [5.41, 5.74) is 3.53. The summed E-state index contributed by atoms with van der Waals surface area (Å²) >= 11 is 5.86. The van der Waals surface area contributed by atoms with Crippen LogP contribution >= 0.6 is 11.6 Å². The zero-order valence-corrected chi connectivity index (χ0v) is 14.0. The quantitative estimate of drug-likeness (QED) is 0.751. The lowest BCUT2D eigenvalue weighted by Gasteiger charge is -2.12. The largest absolute Gasteiger partial charge is 0.357 e. The summed E-state index contributed by atoms with van der Waals surface area (Å²) in [4.78, 5) is 16.8. The van der Waals surface area contributed by atoms with E-state index in [1.54, 1.807) is 42.5 Å². The van der Waals surface area contributed by atoms with Crippen molar-refractivity contribution >= 4 is 17.5 Å². The third-order valence-electron chi connectivity index (χ3n) is 3.89. The van der Waals surface area contributed by atoms with Crippen molar-refractivity contribution in [3.63, 3.8) is 0 Å². The molecule has 0 bridgehead atoms. The van der Waals surface area contributed by atoms with Crippen LogP contribution in [0.25, 0.3) is 22.4 Å². The first-order chi connectivity index (χ1) is 11.5. The highest BCUT2D eigenvalue weighted by molar-refractivity contribution is 6.31. The molecule has 0 saturated heterocycles. The molecule has 0 unspecified atom stereocenters. The molecule has 0 radical (unpaired) electrons. The van der Waals surface area contributed by atoms with Crippen LogP contribution in [-0.4, -0.2) is 39.6 Å². The van der Waals surface area contributed by atoms with Crippen LogP contribution < -0.4 is 0 Å². The van der Waals surface area contributed by atoms with Crippen molar-refractivity contribution in [1.82, 2.24) is 20.1 Å². The standard InChI is InChI=1S/C17H16ClFN4O/c1-3-23(2)17(24)15-7-11(8-20-15)16-12(9-21-22-16)10-4-5-14(19)13(18)6-10/h4-9,20H,3H2,1-2H3,(H,21,22). The summed E-state index contributed by atoms with van der Waals surface area (Å²) in [6.07, 6.45) is 3.38. The number of carbonyl (C=O) groups excluding carboxylic acids is 1. The first-order valence-electron chi connectivity index (χ1n) is 7.44. The highest BCUT2D eigenvalue weighted by Crippen LogP contribution is 2.32. The number of H-pyrrole nitrogens is 2. The van der Waals surface area contributed by atoms with Crippen LogP contribution in [-0.2, 0) is 0 Å². The summed E-state index contributed by atoms with van der Waals surface area (Å²) in [6, 6.07) is 6.27. The number of hydrogen-bond donors (Lipinski definition) is 2. The molecule has 2 N–H and O–H groups in total. The molecule has 0 aliphatic carbocycles. The van der Waals surface area contributed by atoms with Gasteiger partial charge < -0.3 is 9.88 Å². The number of carbonyl (C=O) groups is 1. The Morgan fingerprint density at radius 2 is 2.12 bits per heavy atom. The fraction of sp³-hybridized carbons (Fsp3) is 0.176. The van der Waals surface area contributed by atoms with Crippen molar-refractivity contribution in [2.75, 3.05) is 13.6 Å². The maximum atomic E-state index is 13.4. The lowest BCUT2D eigenvalue weighted by atomic mass is 10.0. The molecule has 24 heavy (non-hydrogen) atoms. The van der Waals surface area contributed by atoms with E-state index in [1.165, 1.54) is 6.07 Å². The van der Waals surface area contributed by atoms with Gasteiger partial charge in [-0.2, -0.15) is 5.10 Å². The Kier molecular flexibility index (Phi) is 4.40. The second-order valence-electron chi connectivity index (χ2n) is 5.41. The topological polar surface area (TPSA) is 64.8 Å². The molecule has 3 rings (SSSR count). The molecule has 0 spiro atoms. The molecule has 5 nitrogen and oxygen atoms in total. The van der Waals surface area contributed by atoms with Crippen LogP contribution in [0.3, 0.4) is 0 Å². The van der Waals surface area contributed by atoms with E-state index in [0.717, 1.165) is 22.4 Å². The van der Waals surface area contributed by atoms with Crippen molar-refractivity contribution in [1.29, 1.82) is 0 Å². The van der Waals surface area contributed by atoms with Gasteiger partial charge in [-0.25, -0.2) is 4.39 Å². The molecular weight excluding hydrogens is 331 g/mol. The molecule has 0 atom stereocenters. The van der Waals surface area contributed by atoms with Crippen LogP contribution in [0.4, 0.5) is 4.39 Å². The second kappa shape index (κ2) is 6.49. The second-order valence-corrected chi connectivity index (χ2v) is 5.82. The van der Waals surface area contributed by atoms with Gasteiger partial charge in [0.25, 0.3) is 5.91 Å². The van der Waals surface area contributed by atoms with Crippen LogP contribution in [0, 0.1) is 5.82 Å². The lowest BCUT2D eigenvalue weighted by molar-refractivity contribution is 0.0797. The predicted molar refractivity (Wildman–Crippen MR) is 91.4 cm³/mol. The first-order valence-corrected chi connectivity index (χ1v) is 7.82. The number of aromatic amines is 2. The van der Waals surface area contributed by atoms with Crippen LogP contribution in [0.2, 0.25) is 5.02 Å². The fourth-order valence-corrected chi connectivity index (χ4v) is 2.58. The van der Waals surface area contributed by atoms with Crippen LogP contribution in [0.1, 0.15) is 17.4 Å². The van der Waals surface area contributed by atoms with E-state index in [0.29, 0.717) is 12.2 Å². The van der Waals surface area contributed by atoms with Gasteiger partial charge in [0.15, 0.2) is 0 Å². The Hall–Kier alpha value is -2.60. The first kappa shape index (κ1) is 16.3. The summed E-state index contributed by atoms with van der Waals surface area (Å²) in [6.45, 7) is 2.53. The molecule has 2 heterocycles. The normalized spacial score (nSPS) is 10.8. The average molecular weight is 347 g/mol. The van der Waals surface area contributed by atoms with Crippen molar-refractivity contribution in [2.24, 2.45) is 0 Å². The van der Waals surface area contributed by atoms with Gasteiger partial charge in [0.2, 0.25) is 0 Å². The van der Waals surface area contributed by atoms with Crippen LogP contribution in [0.5, 0.6) is 0 Å². The number of benzene rings is 1. The van der Waals surface area contributed by atoms with Crippen molar-refractivity contribution in [2.45, 2.75) is 6.92 Å². The molecule has 0 aliphatic rings. The zero-order valence-electron chi connectivity index (χ0n) is 13.2. The minimum atomic E-state index is -0.470. The maximum Gasteiger partial charge on any atom is 0.270 e. The lowest BCUT2D eigenvalue weighted by Crippen LogP contribution is -2.26. The molecule has 3 aromatic rings.